The van der Waals surface area contributed by atoms with E-state index in [4.69, 9.17) is 4.42 Å². The molecule has 1 heterocycles. The van der Waals surface area contributed by atoms with Crippen molar-refractivity contribution in [1.29, 1.82) is 0 Å². The summed E-state index contributed by atoms with van der Waals surface area (Å²) < 4.78 is 4.75. The molecule has 0 saturated carbocycles. The third-order valence-corrected chi connectivity index (χ3v) is 2.71. The minimum atomic E-state index is -0.827. The Morgan fingerprint density at radius 3 is 2.55 bits per heavy atom. The molecular weight excluding hydrogens is 264 g/mol. The van der Waals surface area contributed by atoms with Gasteiger partial charge in [-0.15, -0.1) is 0 Å². The number of Topliss-reactive ketones (excluding diaryl/α,β-unsaturated/α-hetero) is 1. The van der Waals surface area contributed by atoms with Crippen LogP contribution in [0, 0.1) is 6.92 Å². The van der Waals surface area contributed by atoms with Crippen molar-refractivity contribution >= 4 is 5.78 Å². The van der Waals surface area contributed by atoms with Gasteiger partial charge in [-0.2, -0.15) is 0 Å². The Hall–Kier alpha value is -2.76. The molecule has 0 fully saturated rings. The summed E-state index contributed by atoms with van der Waals surface area (Å²) in [5.74, 6) is -1.67. The van der Waals surface area contributed by atoms with E-state index >= 15 is 0 Å². The summed E-state index contributed by atoms with van der Waals surface area (Å²) in [6.45, 7) is 1.55. The minimum Gasteiger partial charge on any atom is -0.872 e. The van der Waals surface area contributed by atoms with Crippen LogP contribution in [-0.2, 0) is 6.42 Å². The maximum absolute atomic E-state index is 12.1. The van der Waals surface area contributed by atoms with Crippen molar-refractivity contribution in [1.82, 2.24) is 0 Å². The van der Waals surface area contributed by atoms with Crippen molar-refractivity contribution in [2.45, 2.75) is 13.3 Å². The smallest absolute Gasteiger partial charge is 0.335 e. The summed E-state index contributed by atoms with van der Waals surface area (Å²) in [7, 11) is 0. The molecule has 0 bridgehead atoms. The SMILES string of the molecule is Cc1cc(O)cc(O)c1C(=O)Cc1cc([O-])cc(=O)o1. The van der Waals surface area contributed by atoms with Crippen molar-refractivity contribution in [2.24, 2.45) is 0 Å². The van der Waals surface area contributed by atoms with Crippen LogP contribution >= 0.6 is 0 Å². The zero-order valence-electron chi connectivity index (χ0n) is 10.5. The lowest BCUT2D eigenvalue weighted by Crippen LogP contribution is -2.10. The number of carbonyl (C=O) groups excluding carboxylic acids is 1. The van der Waals surface area contributed by atoms with Crippen LogP contribution in [0.15, 0.2) is 33.5 Å². The van der Waals surface area contributed by atoms with Crippen molar-refractivity contribution in [3.63, 3.8) is 0 Å². The molecule has 0 spiro atoms. The molecule has 6 heteroatoms. The Bertz CT molecular complexity index is 706. The van der Waals surface area contributed by atoms with Gasteiger partial charge in [0.05, 0.1) is 12.0 Å². The maximum Gasteiger partial charge on any atom is 0.335 e. The topological polar surface area (TPSA) is 111 Å². The fraction of sp³-hybridized carbons (Fsp3) is 0.143. The highest BCUT2D eigenvalue weighted by atomic mass is 16.4. The Morgan fingerprint density at radius 1 is 1.25 bits per heavy atom. The van der Waals surface area contributed by atoms with Gasteiger partial charge < -0.3 is 19.7 Å². The summed E-state index contributed by atoms with van der Waals surface area (Å²) in [5, 5.41) is 30.1. The van der Waals surface area contributed by atoms with Gasteiger partial charge in [0.25, 0.3) is 0 Å². The number of carbonyl (C=O) groups is 1. The molecule has 104 valence electrons. The molecule has 6 nitrogen and oxygen atoms in total. The van der Waals surface area contributed by atoms with Gasteiger partial charge in [0.1, 0.15) is 17.3 Å². The first-order chi connectivity index (χ1) is 9.36. The van der Waals surface area contributed by atoms with E-state index in [-0.39, 0.29) is 29.2 Å². The normalized spacial score (nSPS) is 10.4. The summed E-state index contributed by atoms with van der Waals surface area (Å²) in [6, 6.07) is 4.19. The summed E-state index contributed by atoms with van der Waals surface area (Å²) in [4.78, 5) is 23.1. The largest absolute Gasteiger partial charge is 0.872 e. The Balaban J connectivity index is 2.35. The molecule has 0 unspecified atom stereocenters. The Morgan fingerprint density at radius 2 is 1.95 bits per heavy atom. The average molecular weight is 275 g/mol. The van der Waals surface area contributed by atoms with Crippen molar-refractivity contribution < 1.29 is 24.5 Å². The molecule has 0 amide bonds. The second kappa shape index (κ2) is 5.08. The van der Waals surface area contributed by atoms with Gasteiger partial charge in [-0.05, 0) is 24.6 Å². The molecule has 0 radical (unpaired) electrons. The molecule has 2 rings (SSSR count). The van der Waals surface area contributed by atoms with Crippen LogP contribution in [0.4, 0.5) is 0 Å². The van der Waals surface area contributed by atoms with Gasteiger partial charge in [0.2, 0.25) is 0 Å². The predicted molar refractivity (Wildman–Crippen MR) is 67.0 cm³/mol. The number of hydrogen-bond acceptors (Lipinski definition) is 6. The lowest BCUT2D eigenvalue weighted by molar-refractivity contribution is -0.268. The highest BCUT2D eigenvalue weighted by molar-refractivity contribution is 6.01. The fourth-order valence-corrected chi connectivity index (χ4v) is 1.95. The second-order valence-corrected chi connectivity index (χ2v) is 4.34. The summed E-state index contributed by atoms with van der Waals surface area (Å²) >= 11 is 0. The molecule has 1 aromatic heterocycles. The van der Waals surface area contributed by atoms with E-state index in [0.717, 1.165) is 18.2 Å². The third-order valence-electron chi connectivity index (χ3n) is 2.71. The summed E-state index contributed by atoms with van der Waals surface area (Å²) in [5.41, 5.74) is -0.429. The second-order valence-electron chi connectivity index (χ2n) is 4.34. The molecular formula is C14H11O6-. The molecule has 20 heavy (non-hydrogen) atoms. The lowest BCUT2D eigenvalue weighted by Gasteiger charge is -2.09. The van der Waals surface area contributed by atoms with Gasteiger partial charge in [-0.25, -0.2) is 4.79 Å². The highest BCUT2D eigenvalue weighted by Gasteiger charge is 2.17. The molecule has 2 N–H and O–H groups in total. The number of benzene rings is 1. The monoisotopic (exact) mass is 275 g/mol. The third kappa shape index (κ3) is 2.80. The first-order valence-electron chi connectivity index (χ1n) is 5.73. The Kier molecular flexibility index (Phi) is 3.47. The van der Waals surface area contributed by atoms with E-state index in [2.05, 4.69) is 0 Å². The van der Waals surface area contributed by atoms with Gasteiger partial charge in [0, 0.05) is 12.1 Å². The molecule has 0 atom stereocenters. The van der Waals surface area contributed by atoms with Crippen molar-refractivity contribution in [3.05, 3.63) is 51.6 Å². The van der Waals surface area contributed by atoms with Crippen LogP contribution in [0.2, 0.25) is 0 Å². The fourth-order valence-electron chi connectivity index (χ4n) is 1.95. The van der Waals surface area contributed by atoms with Gasteiger partial charge in [0.15, 0.2) is 5.78 Å². The zero-order chi connectivity index (χ0) is 14.9. The van der Waals surface area contributed by atoms with Gasteiger partial charge in [-0.3, -0.25) is 4.79 Å². The van der Waals surface area contributed by atoms with Crippen LogP contribution < -0.4 is 10.7 Å². The standard InChI is InChI=1S/C14H12O6/c1-7-2-8(15)4-11(17)14(7)12(18)6-10-3-9(16)5-13(19)20-10/h2-5,15-17H,6H2,1H3/p-1. The molecule has 0 saturated heterocycles. The van der Waals surface area contributed by atoms with Crippen LogP contribution in [-0.4, -0.2) is 16.0 Å². The van der Waals surface area contributed by atoms with E-state index in [1.807, 2.05) is 0 Å². The number of ketones is 1. The molecule has 0 aliphatic rings. The number of rotatable bonds is 3. The van der Waals surface area contributed by atoms with E-state index in [0.29, 0.717) is 5.56 Å². The first-order valence-corrected chi connectivity index (χ1v) is 5.73. The van der Waals surface area contributed by atoms with Crippen molar-refractivity contribution in [3.8, 4) is 17.2 Å². The van der Waals surface area contributed by atoms with Gasteiger partial charge in [-0.1, -0.05) is 5.75 Å². The van der Waals surface area contributed by atoms with Crippen LogP contribution in [0.25, 0.3) is 0 Å². The van der Waals surface area contributed by atoms with Crippen molar-refractivity contribution in [2.75, 3.05) is 0 Å². The lowest BCUT2D eigenvalue weighted by atomic mass is 10.00. The molecule has 0 aliphatic heterocycles. The summed E-state index contributed by atoms with van der Waals surface area (Å²) in [6.07, 6.45) is -0.329. The van der Waals surface area contributed by atoms with Gasteiger partial charge >= 0.3 is 5.63 Å². The van der Waals surface area contributed by atoms with Crippen LogP contribution in [0.3, 0.4) is 0 Å². The predicted octanol–water partition coefficient (Wildman–Crippen LogP) is 0.858. The maximum atomic E-state index is 12.1. The quantitative estimate of drug-likeness (QED) is 0.803. The number of aromatic hydroxyl groups is 2. The highest BCUT2D eigenvalue weighted by Crippen LogP contribution is 2.27. The van der Waals surface area contributed by atoms with E-state index in [1.165, 1.54) is 6.07 Å². The minimum absolute atomic E-state index is 0.0155. The number of phenolic OH excluding ortho intramolecular Hbond substituents is 2. The van der Waals surface area contributed by atoms with E-state index < -0.39 is 17.2 Å². The van der Waals surface area contributed by atoms with Crippen LogP contribution in [0.5, 0.6) is 17.2 Å². The Labute approximate surface area is 113 Å². The molecule has 0 aliphatic carbocycles. The number of aryl methyl sites for hydroxylation is 1. The number of phenols is 2. The first kappa shape index (κ1) is 13.7. The molecule has 1 aromatic carbocycles. The van der Waals surface area contributed by atoms with E-state index in [9.17, 15) is 24.9 Å². The van der Waals surface area contributed by atoms with E-state index in [1.54, 1.807) is 6.92 Å². The number of hydrogen-bond donors (Lipinski definition) is 2. The zero-order valence-corrected chi connectivity index (χ0v) is 10.5. The average Bonchev–Trinajstić information content (AvgIpc) is 2.25. The van der Waals surface area contributed by atoms with Crippen LogP contribution in [0.1, 0.15) is 21.7 Å². The molecule has 2 aromatic rings.